The van der Waals surface area contributed by atoms with Gasteiger partial charge in [0.05, 0.1) is 0 Å². The Morgan fingerprint density at radius 1 is 1.33 bits per heavy atom. The van der Waals surface area contributed by atoms with E-state index in [-0.39, 0.29) is 11.5 Å². The first-order valence-corrected chi connectivity index (χ1v) is 5.16. The van der Waals surface area contributed by atoms with Gasteiger partial charge in [-0.1, -0.05) is 0 Å². The SMILES string of the molecule is CC(=O)c1c[nH]c2cc(OC(F)(F)F)c(C)cc12. The number of aromatic nitrogens is 1. The van der Waals surface area contributed by atoms with E-state index in [9.17, 15) is 18.0 Å². The van der Waals surface area contributed by atoms with Crippen LogP contribution in [0.15, 0.2) is 18.3 Å². The molecule has 0 radical (unpaired) electrons. The molecule has 18 heavy (non-hydrogen) atoms. The van der Waals surface area contributed by atoms with Crippen molar-refractivity contribution in [3.63, 3.8) is 0 Å². The molecular weight excluding hydrogens is 247 g/mol. The second kappa shape index (κ2) is 4.04. The molecular formula is C12H10F3NO2. The fraction of sp³-hybridized carbons (Fsp3) is 0.250. The van der Waals surface area contributed by atoms with Crippen LogP contribution in [0, 0.1) is 6.92 Å². The van der Waals surface area contributed by atoms with Crippen molar-refractivity contribution in [1.82, 2.24) is 4.98 Å². The number of Topliss-reactive ketones (excluding diaryl/α,β-unsaturated/α-hetero) is 1. The third-order valence-electron chi connectivity index (χ3n) is 2.58. The highest BCUT2D eigenvalue weighted by Gasteiger charge is 2.32. The van der Waals surface area contributed by atoms with E-state index in [2.05, 4.69) is 9.72 Å². The third-order valence-corrected chi connectivity index (χ3v) is 2.58. The van der Waals surface area contributed by atoms with Crippen molar-refractivity contribution < 1.29 is 22.7 Å². The quantitative estimate of drug-likeness (QED) is 0.835. The fourth-order valence-corrected chi connectivity index (χ4v) is 1.78. The number of hydrogen-bond donors (Lipinski definition) is 1. The maximum absolute atomic E-state index is 12.2. The molecule has 0 atom stereocenters. The fourth-order valence-electron chi connectivity index (χ4n) is 1.78. The van der Waals surface area contributed by atoms with Gasteiger partial charge < -0.3 is 9.72 Å². The number of alkyl halides is 3. The Morgan fingerprint density at radius 3 is 2.56 bits per heavy atom. The summed E-state index contributed by atoms with van der Waals surface area (Å²) in [4.78, 5) is 14.1. The predicted octanol–water partition coefficient (Wildman–Crippen LogP) is 3.58. The number of fused-ring (bicyclic) bond motifs is 1. The molecule has 2 rings (SSSR count). The summed E-state index contributed by atoms with van der Waals surface area (Å²) in [6.07, 6.45) is -3.25. The van der Waals surface area contributed by atoms with Crippen molar-refractivity contribution in [3.8, 4) is 5.75 Å². The summed E-state index contributed by atoms with van der Waals surface area (Å²) in [6, 6.07) is 2.74. The second-order valence-corrected chi connectivity index (χ2v) is 3.97. The van der Waals surface area contributed by atoms with Gasteiger partial charge >= 0.3 is 6.36 Å². The van der Waals surface area contributed by atoms with Crippen LogP contribution >= 0.6 is 0 Å². The van der Waals surface area contributed by atoms with Crippen LogP contribution in [0.4, 0.5) is 13.2 Å². The van der Waals surface area contributed by atoms with Crippen LogP contribution in [0.25, 0.3) is 10.9 Å². The first kappa shape index (κ1) is 12.5. The van der Waals surface area contributed by atoms with Gasteiger partial charge in [-0.3, -0.25) is 4.79 Å². The monoisotopic (exact) mass is 257 g/mol. The molecule has 0 aliphatic heterocycles. The lowest BCUT2D eigenvalue weighted by atomic mass is 10.1. The number of carbonyl (C=O) groups is 1. The zero-order valence-corrected chi connectivity index (χ0v) is 9.68. The average molecular weight is 257 g/mol. The standard InChI is InChI=1S/C12H10F3NO2/c1-6-3-8-9(7(2)17)5-16-10(8)4-11(6)18-12(13,14)15/h3-5,16H,1-2H3. The van der Waals surface area contributed by atoms with E-state index in [1.165, 1.54) is 32.2 Å². The number of rotatable bonds is 2. The Kier molecular flexibility index (Phi) is 2.80. The average Bonchev–Trinajstić information content (AvgIpc) is 2.59. The summed E-state index contributed by atoms with van der Waals surface area (Å²) in [7, 11) is 0. The van der Waals surface area contributed by atoms with Gasteiger partial charge in [0.15, 0.2) is 5.78 Å². The predicted molar refractivity (Wildman–Crippen MR) is 59.7 cm³/mol. The Bertz CT molecular complexity index is 614. The Hall–Kier alpha value is -1.98. The molecule has 0 saturated carbocycles. The second-order valence-electron chi connectivity index (χ2n) is 3.97. The van der Waals surface area contributed by atoms with E-state index in [0.717, 1.165) is 0 Å². The number of ketones is 1. The minimum absolute atomic E-state index is 0.148. The molecule has 1 aromatic heterocycles. The number of benzene rings is 1. The first-order chi connectivity index (χ1) is 8.28. The van der Waals surface area contributed by atoms with Crippen molar-refractivity contribution in [1.29, 1.82) is 0 Å². The summed E-state index contributed by atoms with van der Waals surface area (Å²) in [6.45, 7) is 2.90. The lowest BCUT2D eigenvalue weighted by molar-refractivity contribution is -0.274. The number of H-pyrrole nitrogens is 1. The molecule has 0 aliphatic rings. The highest BCUT2D eigenvalue weighted by molar-refractivity contribution is 6.07. The molecule has 0 bridgehead atoms. The summed E-state index contributed by atoms with van der Waals surface area (Å²) in [5, 5.41) is 0.592. The maximum Gasteiger partial charge on any atom is 0.573 e. The molecule has 1 N–H and O–H groups in total. The maximum atomic E-state index is 12.2. The largest absolute Gasteiger partial charge is 0.573 e. The van der Waals surface area contributed by atoms with Gasteiger partial charge in [-0.15, -0.1) is 13.2 Å². The molecule has 3 nitrogen and oxygen atoms in total. The van der Waals surface area contributed by atoms with Crippen molar-refractivity contribution in [3.05, 3.63) is 29.5 Å². The van der Waals surface area contributed by atoms with E-state index < -0.39 is 6.36 Å². The Balaban J connectivity index is 2.54. The summed E-state index contributed by atoms with van der Waals surface area (Å²) in [5.41, 5.74) is 1.21. The molecule has 0 unspecified atom stereocenters. The minimum Gasteiger partial charge on any atom is -0.405 e. The van der Waals surface area contributed by atoms with Gasteiger partial charge in [0.25, 0.3) is 0 Å². The molecule has 2 aromatic rings. The molecule has 96 valence electrons. The number of nitrogens with one attached hydrogen (secondary N) is 1. The number of halogens is 3. The Morgan fingerprint density at radius 2 is 2.00 bits per heavy atom. The van der Waals surface area contributed by atoms with Crippen LogP contribution in [0.3, 0.4) is 0 Å². The molecule has 0 aliphatic carbocycles. The molecule has 0 amide bonds. The van der Waals surface area contributed by atoms with Crippen LogP contribution in [0.5, 0.6) is 5.75 Å². The van der Waals surface area contributed by atoms with Gasteiger partial charge in [0, 0.05) is 28.7 Å². The van der Waals surface area contributed by atoms with E-state index in [0.29, 0.717) is 22.0 Å². The zero-order valence-electron chi connectivity index (χ0n) is 9.68. The highest BCUT2D eigenvalue weighted by atomic mass is 19.4. The van der Waals surface area contributed by atoms with Gasteiger partial charge in [0.2, 0.25) is 0 Å². The third kappa shape index (κ3) is 2.32. The van der Waals surface area contributed by atoms with Crippen LogP contribution in [0.1, 0.15) is 22.8 Å². The lowest BCUT2D eigenvalue weighted by Crippen LogP contribution is -2.17. The summed E-state index contributed by atoms with van der Waals surface area (Å²) in [5.74, 6) is -0.419. The topological polar surface area (TPSA) is 42.1 Å². The van der Waals surface area contributed by atoms with Crippen molar-refractivity contribution in [2.45, 2.75) is 20.2 Å². The van der Waals surface area contributed by atoms with Crippen molar-refractivity contribution in [2.75, 3.05) is 0 Å². The van der Waals surface area contributed by atoms with Crippen molar-refractivity contribution in [2.24, 2.45) is 0 Å². The Labute approximate surface area is 101 Å². The van der Waals surface area contributed by atoms with Crippen LogP contribution < -0.4 is 4.74 Å². The normalized spacial score (nSPS) is 11.8. The van der Waals surface area contributed by atoms with Gasteiger partial charge in [-0.25, -0.2) is 0 Å². The molecule has 6 heteroatoms. The van der Waals surface area contributed by atoms with E-state index in [1.807, 2.05) is 0 Å². The lowest BCUT2D eigenvalue weighted by Gasteiger charge is -2.11. The number of ether oxygens (including phenoxy) is 1. The number of hydrogen-bond acceptors (Lipinski definition) is 2. The van der Waals surface area contributed by atoms with Crippen LogP contribution in [-0.4, -0.2) is 17.1 Å². The van der Waals surface area contributed by atoms with Gasteiger partial charge in [-0.05, 0) is 25.5 Å². The molecule has 0 fully saturated rings. The molecule has 1 aromatic carbocycles. The van der Waals surface area contributed by atoms with E-state index in [4.69, 9.17) is 0 Å². The smallest absolute Gasteiger partial charge is 0.405 e. The van der Waals surface area contributed by atoms with E-state index in [1.54, 1.807) is 0 Å². The van der Waals surface area contributed by atoms with Crippen molar-refractivity contribution >= 4 is 16.7 Å². The summed E-state index contributed by atoms with van der Waals surface area (Å²) < 4.78 is 40.4. The van der Waals surface area contributed by atoms with E-state index >= 15 is 0 Å². The number of aryl methyl sites for hydroxylation is 1. The minimum atomic E-state index is -4.73. The number of carbonyl (C=O) groups excluding carboxylic acids is 1. The molecule has 0 spiro atoms. The zero-order chi connectivity index (χ0) is 13.5. The first-order valence-electron chi connectivity index (χ1n) is 5.16. The van der Waals surface area contributed by atoms with Crippen LogP contribution in [0.2, 0.25) is 0 Å². The highest BCUT2D eigenvalue weighted by Crippen LogP contribution is 2.31. The molecule has 1 heterocycles. The van der Waals surface area contributed by atoms with Gasteiger partial charge in [-0.2, -0.15) is 0 Å². The summed E-state index contributed by atoms with van der Waals surface area (Å²) >= 11 is 0. The van der Waals surface area contributed by atoms with Crippen LogP contribution in [-0.2, 0) is 0 Å². The molecule has 0 saturated heterocycles. The number of aromatic amines is 1. The van der Waals surface area contributed by atoms with Gasteiger partial charge in [0.1, 0.15) is 5.75 Å².